The summed E-state index contributed by atoms with van der Waals surface area (Å²) in [5.74, 6) is -1.80. The zero-order valence-electron chi connectivity index (χ0n) is 15.1. The molecule has 0 bridgehead atoms. The Balaban J connectivity index is 1.84. The van der Waals surface area contributed by atoms with Gasteiger partial charge in [-0.3, -0.25) is 39.5 Å². The van der Waals surface area contributed by atoms with Crippen molar-refractivity contribution in [3.63, 3.8) is 0 Å². The van der Waals surface area contributed by atoms with E-state index in [9.17, 15) is 19.2 Å². The predicted molar refractivity (Wildman–Crippen MR) is 99.6 cm³/mol. The number of carbonyl (C=O) groups is 4. The van der Waals surface area contributed by atoms with Gasteiger partial charge in [-0.1, -0.05) is 11.6 Å². The van der Waals surface area contributed by atoms with Crippen LogP contribution in [0.2, 0.25) is 0 Å². The molecule has 3 rings (SSSR count). The van der Waals surface area contributed by atoms with E-state index in [0.29, 0.717) is 5.03 Å². The number of carbonyl (C=O) groups excluding carboxylic acids is 4. The normalized spacial score (nSPS) is 19.9. The van der Waals surface area contributed by atoms with Crippen molar-refractivity contribution in [2.75, 3.05) is 20.1 Å². The van der Waals surface area contributed by atoms with E-state index in [1.165, 1.54) is 37.0 Å². The fourth-order valence-corrected chi connectivity index (χ4v) is 2.81. The van der Waals surface area contributed by atoms with Crippen molar-refractivity contribution in [2.24, 2.45) is 4.99 Å². The second-order valence-electron chi connectivity index (χ2n) is 5.85. The SMILES string of the molecule is CN=C/C(Cl)=C\C=C\N1C(=O)c2nccnc2[C@@H]1OC(=O)N1CC(=O)NC(=O)C1. The summed E-state index contributed by atoms with van der Waals surface area (Å²) in [6, 6.07) is 0. The Labute approximate surface area is 169 Å². The summed E-state index contributed by atoms with van der Waals surface area (Å²) in [5, 5.41) is 2.40. The van der Waals surface area contributed by atoms with E-state index >= 15 is 0 Å². The van der Waals surface area contributed by atoms with Crippen LogP contribution < -0.4 is 5.32 Å². The standard InChI is InChI=1S/C17H15ClN6O5/c1-19-7-10(18)3-2-6-24-15(27)13-14(21-5-4-20-13)16(24)29-17(28)23-8-11(25)22-12(26)9-23/h2-7,16H,8-9H2,1H3,(H,22,25,26)/b6-2+,10-3+,19-7?/t16-/m0/s1. The van der Waals surface area contributed by atoms with Crippen LogP contribution in [-0.2, 0) is 14.3 Å². The van der Waals surface area contributed by atoms with Crippen LogP contribution in [0.1, 0.15) is 22.4 Å². The maximum atomic E-state index is 12.6. The molecule has 0 spiro atoms. The second kappa shape index (κ2) is 8.61. The van der Waals surface area contributed by atoms with E-state index in [-0.39, 0.29) is 24.5 Å². The van der Waals surface area contributed by atoms with Crippen LogP contribution in [0, 0.1) is 0 Å². The van der Waals surface area contributed by atoms with Gasteiger partial charge in [0, 0.05) is 31.9 Å². The smallest absolute Gasteiger partial charge is 0.412 e. The van der Waals surface area contributed by atoms with Gasteiger partial charge in [0.15, 0.2) is 5.69 Å². The quantitative estimate of drug-likeness (QED) is 0.424. The number of ether oxygens (including phenoxy) is 1. The molecule has 3 heterocycles. The number of nitrogens with one attached hydrogen (secondary N) is 1. The molecule has 0 aromatic carbocycles. The maximum absolute atomic E-state index is 12.6. The number of fused-ring (bicyclic) bond motifs is 1. The zero-order chi connectivity index (χ0) is 21.0. The number of rotatable bonds is 4. The molecule has 29 heavy (non-hydrogen) atoms. The molecule has 1 aromatic rings. The van der Waals surface area contributed by atoms with Gasteiger partial charge in [-0.15, -0.1) is 0 Å². The van der Waals surface area contributed by atoms with E-state index in [0.717, 1.165) is 9.80 Å². The summed E-state index contributed by atoms with van der Waals surface area (Å²) in [6.45, 7) is -0.688. The number of aliphatic imine (C=N–C) groups is 1. The van der Waals surface area contributed by atoms with Gasteiger partial charge < -0.3 is 4.74 Å². The van der Waals surface area contributed by atoms with E-state index in [2.05, 4.69) is 20.3 Å². The van der Waals surface area contributed by atoms with Crippen molar-refractivity contribution < 1.29 is 23.9 Å². The Bertz CT molecular complexity index is 943. The molecule has 2 aliphatic heterocycles. The molecule has 2 aliphatic rings. The van der Waals surface area contributed by atoms with Crippen molar-refractivity contribution in [1.82, 2.24) is 25.1 Å². The van der Waals surface area contributed by atoms with E-state index in [4.69, 9.17) is 16.3 Å². The average Bonchev–Trinajstić information content (AvgIpc) is 2.93. The van der Waals surface area contributed by atoms with Crippen LogP contribution in [-0.4, -0.2) is 69.9 Å². The van der Waals surface area contributed by atoms with E-state index < -0.39 is 30.0 Å². The van der Waals surface area contributed by atoms with Gasteiger partial charge in [0.2, 0.25) is 18.0 Å². The number of imide groups is 1. The lowest BCUT2D eigenvalue weighted by Gasteiger charge is -2.28. The van der Waals surface area contributed by atoms with E-state index in [1.54, 1.807) is 7.05 Å². The van der Waals surface area contributed by atoms with Crippen molar-refractivity contribution in [3.8, 4) is 0 Å². The minimum atomic E-state index is -1.22. The van der Waals surface area contributed by atoms with Gasteiger partial charge in [0.05, 0.1) is 5.03 Å². The molecule has 150 valence electrons. The number of hydrogen-bond donors (Lipinski definition) is 1. The number of nitrogens with zero attached hydrogens (tertiary/aromatic N) is 5. The van der Waals surface area contributed by atoms with E-state index in [1.807, 2.05) is 0 Å². The van der Waals surface area contributed by atoms with Crippen molar-refractivity contribution >= 4 is 41.6 Å². The molecule has 11 nitrogen and oxygen atoms in total. The van der Waals surface area contributed by atoms with Gasteiger partial charge in [0.25, 0.3) is 5.91 Å². The van der Waals surface area contributed by atoms with Gasteiger partial charge in [-0.25, -0.2) is 9.78 Å². The molecule has 1 saturated heterocycles. The van der Waals surface area contributed by atoms with Crippen LogP contribution in [0.15, 0.2) is 40.8 Å². The summed E-state index contributed by atoms with van der Waals surface area (Å²) in [6.07, 6.45) is 6.23. The first-order chi connectivity index (χ1) is 13.9. The fraction of sp³-hybridized carbons (Fsp3) is 0.235. The Kier molecular flexibility index (Phi) is 5.98. The first-order valence-corrected chi connectivity index (χ1v) is 8.66. The van der Waals surface area contributed by atoms with Crippen LogP contribution in [0.4, 0.5) is 4.79 Å². The minimum Gasteiger partial charge on any atom is -0.419 e. The molecule has 1 aromatic heterocycles. The highest BCUT2D eigenvalue weighted by Gasteiger charge is 2.42. The number of aromatic nitrogens is 2. The third-order valence-electron chi connectivity index (χ3n) is 3.82. The summed E-state index contributed by atoms with van der Waals surface area (Å²) < 4.78 is 5.39. The third kappa shape index (κ3) is 4.46. The minimum absolute atomic E-state index is 0.0209. The Morgan fingerprint density at radius 3 is 2.66 bits per heavy atom. The number of halogens is 1. The first-order valence-electron chi connectivity index (χ1n) is 8.28. The fourth-order valence-electron chi connectivity index (χ4n) is 2.64. The molecule has 1 fully saturated rings. The molecule has 4 amide bonds. The largest absolute Gasteiger partial charge is 0.419 e. The van der Waals surface area contributed by atoms with Gasteiger partial charge in [-0.2, -0.15) is 0 Å². The van der Waals surface area contributed by atoms with Gasteiger partial charge in [0.1, 0.15) is 18.8 Å². The molecule has 0 aliphatic carbocycles. The monoisotopic (exact) mass is 418 g/mol. The molecule has 0 saturated carbocycles. The highest BCUT2D eigenvalue weighted by Crippen LogP contribution is 2.32. The number of hydrogen-bond acceptors (Lipinski definition) is 8. The molecular formula is C17H15ClN6O5. The maximum Gasteiger partial charge on any atom is 0.412 e. The van der Waals surface area contributed by atoms with Crippen molar-refractivity contribution in [3.05, 3.63) is 47.2 Å². The number of piperazine rings is 1. The van der Waals surface area contributed by atoms with Crippen LogP contribution in [0.5, 0.6) is 0 Å². The first kappa shape index (κ1) is 20.1. The molecule has 0 radical (unpaired) electrons. The highest BCUT2D eigenvalue weighted by atomic mass is 35.5. The van der Waals surface area contributed by atoms with Crippen LogP contribution >= 0.6 is 11.6 Å². The molecule has 1 atom stereocenters. The average molecular weight is 419 g/mol. The summed E-state index contributed by atoms with van der Waals surface area (Å²) >= 11 is 5.91. The predicted octanol–water partition coefficient (Wildman–Crippen LogP) is 0.363. The van der Waals surface area contributed by atoms with Gasteiger partial charge >= 0.3 is 6.09 Å². The molecular weight excluding hydrogens is 404 g/mol. The number of amides is 4. The third-order valence-corrected chi connectivity index (χ3v) is 4.05. The molecule has 12 heteroatoms. The van der Waals surface area contributed by atoms with Crippen LogP contribution in [0.3, 0.4) is 0 Å². The number of allylic oxidation sites excluding steroid dienone is 3. The van der Waals surface area contributed by atoms with Crippen molar-refractivity contribution in [2.45, 2.75) is 6.23 Å². The molecule has 0 unspecified atom stereocenters. The lowest BCUT2D eigenvalue weighted by atomic mass is 10.3. The summed E-state index contributed by atoms with van der Waals surface area (Å²) in [7, 11) is 1.55. The topological polar surface area (TPSA) is 134 Å². The zero-order valence-corrected chi connectivity index (χ0v) is 15.9. The van der Waals surface area contributed by atoms with Crippen LogP contribution in [0.25, 0.3) is 0 Å². The Morgan fingerprint density at radius 1 is 1.28 bits per heavy atom. The van der Waals surface area contributed by atoms with Crippen molar-refractivity contribution in [1.29, 1.82) is 0 Å². The lowest BCUT2D eigenvalue weighted by Crippen LogP contribution is -2.53. The Hall–Kier alpha value is -3.60. The molecule has 1 N–H and O–H groups in total. The highest BCUT2D eigenvalue weighted by molar-refractivity contribution is 6.39. The summed E-state index contributed by atoms with van der Waals surface area (Å²) in [4.78, 5) is 62.0. The summed E-state index contributed by atoms with van der Waals surface area (Å²) in [5.41, 5.74) is 0.154. The lowest BCUT2D eigenvalue weighted by molar-refractivity contribution is -0.135. The second-order valence-corrected chi connectivity index (χ2v) is 6.28. The Morgan fingerprint density at radius 2 is 1.97 bits per heavy atom. The van der Waals surface area contributed by atoms with Gasteiger partial charge in [-0.05, 0) is 12.2 Å².